The molecule has 30 heavy (non-hydrogen) atoms. The minimum atomic E-state index is -4.62. The molecule has 0 radical (unpaired) electrons. The molecule has 0 unspecified atom stereocenters. The maximum Gasteiger partial charge on any atom is 0.418 e. The number of nitrogens with zero attached hydrogens (tertiary/aromatic N) is 3. The van der Waals surface area contributed by atoms with Gasteiger partial charge in [0.25, 0.3) is 5.91 Å². The highest BCUT2D eigenvalue weighted by Crippen LogP contribution is 2.34. The molecule has 156 valence electrons. The van der Waals surface area contributed by atoms with Crippen LogP contribution in [0.4, 0.5) is 18.9 Å². The molecular formula is C20H17F3N4O3. The molecule has 1 aromatic carbocycles. The van der Waals surface area contributed by atoms with Gasteiger partial charge in [0.05, 0.1) is 11.3 Å². The van der Waals surface area contributed by atoms with Gasteiger partial charge in [0, 0.05) is 30.6 Å². The minimum absolute atomic E-state index is 0.0212. The van der Waals surface area contributed by atoms with E-state index in [1.807, 2.05) is 0 Å². The molecule has 3 rings (SSSR count). The van der Waals surface area contributed by atoms with Crippen LogP contribution in [0, 0.1) is 0 Å². The summed E-state index contributed by atoms with van der Waals surface area (Å²) in [5.41, 5.74) is -0.695. The number of amides is 2. The molecule has 0 aliphatic rings. The average Bonchev–Trinajstić information content (AvgIpc) is 3.22. The van der Waals surface area contributed by atoms with E-state index >= 15 is 0 Å². The Bertz CT molecular complexity index is 1040. The molecular weight excluding hydrogens is 401 g/mol. The Balaban J connectivity index is 1.71. The molecule has 0 aliphatic carbocycles. The van der Waals surface area contributed by atoms with Crippen molar-refractivity contribution < 1.29 is 27.3 Å². The van der Waals surface area contributed by atoms with E-state index in [-0.39, 0.29) is 17.9 Å². The number of aromatic nitrogens is 2. The van der Waals surface area contributed by atoms with Crippen LogP contribution in [0.5, 0.6) is 0 Å². The van der Waals surface area contributed by atoms with Crippen LogP contribution in [-0.4, -0.2) is 39.9 Å². The molecule has 0 aliphatic heterocycles. The van der Waals surface area contributed by atoms with Gasteiger partial charge < -0.3 is 14.7 Å². The van der Waals surface area contributed by atoms with Crippen LogP contribution in [0.25, 0.3) is 11.3 Å². The van der Waals surface area contributed by atoms with Gasteiger partial charge in [-0.3, -0.25) is 14.6 Å². The lowest BCUT2D eigenvalue weighted by molar-refractivity contribution is -0.137. The lowest BCUT2D eigenvalue weighted by Crippen LogP contribution is -2.38. The summed E-state index contributed by atoms with van der Waals surface area (Å²) in [5.74, 6) is -0.999. The third kappa shape index (κ3) is 4.83. The molecule has 0 atom stereocenters. The van der Waals surface area contributed by atoms with E-state index in [1.165, 1.54) is 18.2 Å². The number of pyridine rings is 1. The molecule has 2 aromatic heterocycles. The standard InChI is InChI=1S/C20H17F3N4O3/c1-2-27(12-18(28)25-15-6-4-3-5-14(15)20(21,22)23)19(29)16-11-17(30-26-16)13-7-9-24-10-8-13/h3-11H,2,12H2,1H3,(H,25,28). The summed E-state index contributed by atoms with van der Waals surface area (Å²) in [4.78, 5) is 30.0. The van der Waals surface area contributed by atoms with E-state index in [0.29, 0.717) is 11.3 Å². The summed E-state index contributed by atoms with van der Waals surface area (Å²) in [6.45, 7) is 1.34. The van der Waals surface area contributed by atoms with Gasteiger partial charge in [0.2, 0.25) is 5.91 Å². The van der Waals surface area contributed by atoms with Crippen molar-refractivity contribution >= 4 is 17.5 Å². The number of likely N-dealkylation sites (N-methyl/N-ethyl adjacent to an activating group) is 1. The Morgan fingerprint density at radius 3 is 2.50 bits per heavy atom. The fourth-order valence-corrected chi connectivity index (χ4v) is 2.72. The van der Waals surface area contributed by atoms with Gasteiger partial charge in [0.1, 0.15) is 6.54 Å². The molecule has 2 heterocycles. The Hall–Kier alpha value is -3.69. The Labute approximate surface area is 169 Å². The molecule has 2 amide bonds. The average molecular weight is 418 g/mol. The number of carbonyl (C=O) groups excluding carboxylic acids is 2. The highest BCUT2D eigenvalue weighted by molar-refractivity contribution is 5.99. The number of para-hydroxylation sites is 1. The van der Waals surface area contributed by atoms with Gasteiger partial charge in [-0.15, -0.1) is 0 Å². The number of alkyl halides is 3. The van der Waals surface area contributed by atoms with Crippen LogP contribution in [-0.2, 0) is 11.0 Å². The number of anilines is 1. The molecule has 0 saturated heterocycles. The largest absolute Gasteiger partial charge is 0.418 e. The first kappa shape index (κ1) is 21.0. The molecule has 0 bridgehead atoms. The highest BCUT2D eigenvalue weighted by Gasteiger charge is 2.33. The van der Waals surface area contributed by atoms with Gasteiger partial charge in [-0.25, -0.2) is 0 Å². The van der Waals surface area contributed by atoms with Gasteiger partial charge in [-0.05, 0) is 31.2 Å². The van der Waals surface area contributed by atoms with Crippen LogP contribution in [0.1, 0.15) is 23.0 Å². The van der Waals surface area contributed by atoms with E-state index in [9.17, 15) is 22.8 Å². The first-order chi connectivity index (χ1) is 14.3. The maximum absolute atomic E-state index is 13.1. The Kier molecular flexibility index (Phi) is 6.14. The lowest BCUT2D eigenvalue weighted by atomic mass is 10.1. The van der Waals surface area contributed by atoms with Crippen molar-refractivity contribution in [3.05, 3.63) is 66.1 Å². The predicted molar refractivity (Wildman–Crippen MR) is 101 cm³/mol. The molecule has 0 fully saturated rings. The second-order valence-corrected chi connectivity index (χ2v) is 6.22. The number of rotatable bonds is 6. The SMILES string of the molecule is CCN(CC(=O)Nc1ccccc1C(F)(F)F)C(=O)c1cc(-c2ccncc2)on1. The topological polar surface area (TPSA) is 88.3 Å². The first-order valence-corrected chi connectivity index (χ1v) is 8.92. The lowest BCUT2D eigenvalue weighted by Gasteiger charge is -2.20. The van der Waals surface area contributed by atoms with Crippen LogP contribution in [0.3, 0.4) is 0 Å². The number of benzene rings is 1. The maximum atomic E-state index is 13.1. The molecule has 7 nitrogen and oxygen atoms in total. The number of halogens is 3. The van der Waals surface area contributed by atoms with E-state index in [4.69, 9.17) is 4.52 Å². The fraction of sp³-hybridized carbons (Fsp3) is 0.200. The Morgan fingerprint density at radius 1 is 1.13 bits per heavy atom. The van der Waals surface area contributed by atoms with Gasteiger partial charge in [-0.1, -0.05) is 17.3 Å². The normalized spacial score (nSPS) is 11.2. The molecule has 10 heteroatoms. The molecule has 1 N–H and O–H groups in total. The third-order valence-corrected chi connectivity index (χ3v) is 4.20. The van der Waals surface area contributed by atoms with Gasteiger partial charge in [-0.2, -0.15) is 13.2 Å². The van der Waals surface area contributed by atoms with Crippen molar-refractivity contribution in [2.24, 2.45) is 0 Å². The number of carbonyl (C=O) groups is 2. The molecule has 3 aromatic rings. The van der Waals surface area contributed by atoms with Crippen molar-refractivity contribution in [3.8, 4) is 11.3 Å². The summed E-state index contributed by atoms with van der Waals surface area (Å²) >= 11 is 0. The zero-order valence-corrected chi connectivity index (χ0v) is 15.8. The third-order valence-electron chi connectivity index (χ3n) is 4.20. The summed E-state index contributed by atoms with van der Waals surface area (Å²) in [7, 11) is 0. The van der Waals surface area contributed by atoms with Gasteiger partial charge in [0.15, 0.2) is 11.5 Å². The van der Waals surface area contributed by atoms with Crippen LogP contribution in [0.15, 0.2) is 59.4 Å². The monoisotopic (exact) mass is 418 g/mol. The molecule has 0 spiro atoms. The molecule has 0 saturated carbocycles. The van der Waals surface area contributed by atoms with Crippen LogP contribution < -0.4 is 5.32 Å². The second-order valence-electron chi connectivity index (χ2n) is 6.22. The van der Waals surface area contributed by atoms with Gasteiger partial charge >= 0.3 is 6.18 Å². The van der Waals surface area contributed by atoms with Crippen molar-refractivity contribution in [1.82, 2.24) is 15.0 Å². The fourth-order valence-electron chi connectivity index (χ4n) is 2.72. The van der Waals surface area contributed by atoms with Crippen LogP contribution in [0.2, 0.25) is 0 Å². The number of nitrogens with one attached hydrogen (secondary N) is 1. The van der Waals surface area contributed by atoms with E-state index in [1.54, 1.807) is 31.5 Å². The van der Waals surface area contributed by atoms with E-state index in [2.05, 4.69) is 15.5 Å². The smallest absolute Gasteiger partial charge is 0.355 e. The zero-order valence-electron chi connectivity index (χ0n) is 15.8. The van der Waals surface area contributed by atoms with E-state index < -0.39 is 30.1 Å². The highest BCUT2D eigenvalue weighted by atomic mass is 19.4. The summed E-state index contributed by atoms with van der Waals surface area (Å²) in [5, 5.41) is 5.95. The zero-order chi connectivity index (χ0) is 21.7. The number of hydrogen-bond donors (Lipinski definition) is 1. The Morgan fingerprint density at radius 2 is 1.83 bits per heavy atom. The van der Waals surface area contributed by atoms with Crippen molar-refractivity contribution in [1.29, 1.82) is 0 Å². The van der Waals surface area contributed by atoms with E-state index in [0.717, 1.165) is 17.0 Å². The summed E-state index contributed by atoms with van der Waals surface area (Å²) in [6, 6.07) is 9.41. The second kappa shape index (κ2) is 8.76. The minimum Gasteiger partial charge on any atom is -0.355 e. The van der Waals surface area contributed by atoms with Crippen molar-refractivity contribution in [2.45, 2.75) is 13.1 Å². The summed E-state index contributed by atoms with van der Waals surface area (Å²) < 4.78 is 44.4. The van der Waals surface area contributed by atoms with Crippen molar-refractivity contribution in [3.63, 3.8) is 0 Å². The summed E-state index contributed by atoms with van der Waals surface area (Å²) in [6.07, 6.45) is -1.50. The predicted octanol–water partition coefficient (Wildman–Crippen LogP) is 3.86. The first-order valence-electron chi connectivity index (χ1n) is 8.92. The van der Waals surface area contributed by atoms with Crippen LogP contribution >= 0.6 is 0 Å². The quantitative estimate of drug-likeness (QED) is 0.657. The van der Waals surface area contributed by atoms with Crippen molar-refractivity contribution in [2.75, 3.05) is 18.4 Å². The number of hydrogen-bond acceptors (Lipinski definition) is 5.